The van der Waals surface area contributed by atoms with Gasteiger partial charge in [-0.25, -0.2) is 9.59 Å². The highest BCUT2D eigenvalue weighted by Crippen LogP contribution is 2.45. The number of benzene rings is 1. The van der Waals surface area contributed by atoms with Crippen molar-refractivity contribution in [2.24, 2.45) is 0 Å². The zero-order valence-electron chi connectivity index (χ0n) is 17.3. The van der Waals surface area contributed by atoms with Crippen molar-refractivity contribution in [2.45, 2.75) is 45.4 Å². The number of ether oxygens (including phenoxy) is 2. The third kappa shape index (κ3) is 4.36. The van der Waals surface area contributed by atoms with E-state index in [4.69, 9.17) is 60.7 Å². The number of morpholine rings is 1. The molecule has 0 bridgehead atoms. The summed E-state index contributed by atoms with van der Waals surface area (Å²) in [6, 6.07) is -1.29. The van der Waals surface area contributed by atoms with Gasteiger partial charge >= 0.3 is 12.1 Å². The molecule has 1 fully saturated rings. The first-order valence-corrected chi connectivity index (χ1v) is 10.8. The van der Waals surface area contributed by atoms with Crippen LogP contribution >= 0.6 is 46.4 Å². The first kappa shape index (κ1) is 24.9. The Morgan fingerprint density at radius 2 is 1.47 bits per heavy atom. The van der Waals surface area contributed by atoms with Gasteiger partial charge in [-0.1, -0.05) is 51.5 Å². The Morgan fingerprint density at radius 3 is 1.94 bits per heavy atom. The van der Waals surface area contributed by atoms with Crippen molar-refractivity contribution < 1.29 is 33.5 Å². The molecule has 2 heterocycles. The maximum absolute atomic E-state index is 13.0. The van der Waals surface area contributed by atoms with Gasteiger partial charge in [0, 0.05) is 6.54 Å². The van der Waals surface area contributed by atoms with Crippen molar-refractivity contribution in [3.8, 4) is 0 Å². The summed E-state index contributed by atoms with van der Waals surface area (Å²) in [4.78, 5) is 57.4. The summed E-state index contributed by atoms with van der Waals surface area (Å²) in [5.74, 6) is -3.21. The van der Waals surface area contributed by atoms with Gasteiger partial charge in [0.25, 0.3) is 11.8 Å². The number of nitrogens with zero attached hydrogens (tertiary/aromatic N) is 2. The molecule has 13 heteroatoms. The summed E-state index contributed by atoms with van der Waals surface area (Å²) in [6.45, 7) is 6.74. The van der Waals surface area contributed by atoms with Crippen LogP contribution in [0.15, 0.2) is 0 Å². The van der Waals surface area contributed by atoms with Crippen LogP contribution < -0.4 is 0 Å². The second-order valence-corrected chi connectivity index (χ2v) is 9.53. The lowest BCUT2D eigenvalue weighted by molar-refractivity contribution is -0.184. The molecule has 174 valence electrons. The highest BCUT2D eigenvalue weighted by atomic mass is 35.5. The lowest BCUT2D eigenvalue weighted by Gasteiger charge is -2.38. The largest absolute Gasteiger partial charge is 0.444 e. The van der Waals surface area contributed by atoms with Crippen molar-refractivity contribution >= 4 is 70.3 Å². The molecule has 9 nitrogen and oxygen atoms in total. The van der Waals surface area contributed by atoms with Gasteiger partial charge in [-0.15, -0.1) is 0 Å². The fraction of sp³-hybridized carbons (Fsp3) is 0.474. The Morgan fingerprint density at radius 1 is 0.969 bits per heavy atom. The van der Waals surface area contributed by atoms with Crippen LogP contribution in [0.2, 0.25) is 20.1 Å². The Kier molecular flexibility index (Phi) is 6.89. The first-order chi connectivity index (χ1) is 14.8. The number of hydroxylamine groups is 2. The molecule has 32 heavy (non-hydrogen) atoms. The Bertz CT molecular complexity index is 977. The van der Waals surface area contributed by atoms with Gasteiger partial charge < -0.3 is 14.3 Å². The minimum absolute atomic E-state index is 0.0318. The lowest BCUT2D eigenvalue weighted by atomic mass is 10.1. The molecule has 0 spiro atoms. The number of halogens is 4. The summed E-state index contributed by atoms with van der Waals surface area (Å²) < 4.78 is 10.8. The van der Waals surface area contributed by atoms with Gasteiger partial charge in [-0.05, 0) is 27.7 Å². The smallest absolute Gasteiger partial charge is 0.411 e. The number of hydrogen-bond acceptors (Lipinski definition) is 7. The predicted molar refractivity (Wildman–Crippen MR) is 115 cm³/mol. The van der Waals surface area contributed by atoms with Crippen LogP contribution in [0.1, 0.15) is 48.4 Å². The van der Waals surface area contributed by atoms with E-state index >= 15 is 0 Å². The van der Waals surface area contributed by atoms with Crippen molar-refractivity contribution in [2.75, 3.05) is 13.2 Å². The monoisotopic (exact) mass is 526 g/mol. The van der Waals surface area contributed by atoms with Gasteiger partial charge in [0.05, 0.1) is 43.9 Å². The topological polar surface area (TPSA) is 102 Å². The molecule has 3 amide bonds. The average molecular weight is 528 g/mol. The van der Waals surface area contributed by atoms with E-state index in [-0.39, 0.29) is 49.4 Å². The number of carbonyl (C=O) groups excluding carboxylic acids is 4. The van der Waals surface area contributed by atoms with Crippen LogP contribution in [0, 0.1) is 0 Å². The number of fused-ring (bicyclic) bond motifs is 1. The van der Waals surface area contributed by atoms with Gasteiger partial charge in [-0.2, -0.15) is 0 Å². The SMILES string of the molecule is C[C@H]1OCCN(C(=O)OC(C)(C)C)[C@@H]1C(=O)ON1C(=O)c2c(Cl)c(Cl)c(Cl)c(Cl)c2C1=O. The second kappa shape index (κ2) is 8.87. The summed E-state index contributed by atoms with van der Waals surface area (Å²) >= 11 is 24.1. The molecule has 0 radical (unpaired) electrons. The molecule has 3 rings (SSSR count). The molecule has 2 atom stereocenters. The number of carbonyl (C=O) groups is 4. The van der Waals surface area contributed by atoms with Crippen molar-refractivity contribution in [3.05, 3.63) is 31.2 Å². The molecule has 0 unspecified atom stereocenters. The third-order valence-corrected chi connectivity index (χ3v) is 6.41. The highest BCUT2D eigenvalue weighted by Gasteiger charge is 2.47. The van der Waals surface area contributed by atoms with Crippen LogP contribution in [-0.2, 0) is 19.1 Å². The van der Waals surface area contributed by atoms with Crippen LogP contribution in [0.3, 0.4) is 0 Å². The van der Waals surface area contributed by atoms with E-state index in [1.807, 2.05) is 0 Å². The second-order valence-electron chi connectivity index (χ2n) is 8.02. The zero-order valence-corrected chi connectivity index (χ0v) is 20.4. The van der Waals surface area contributed by atoms with Gasteiger partial charge in [0.2, 0.25) is 0 Å². The van der Waals surface area contributed by atoms with Gasteiger partial charge in [0.1, 0.15) is 5.60 Å². The fourth-order valence-electron chi connectivity index (χ4n) is 3.22. The Hall–Kier alpha value is -1.78. The molecular weight excluding hydrogens is 510 g/mol. The normalized spacial score (nSPS) is 21.0. The Labute approximate surface area is 203 Å². The molecule has 0 aliphatic carbocycles. The van der Waals surface area contributed by atoms with Gasteiger partial charge in [-0.3, -0.25) is 14.5 Å². The molecule has 2 aliphatic heterocycles. The van der Waals surface area contributed by atoms with E-state index < -0.39 is 41.6 Å². The van der Waals surface area contributed by atoms with Crippen molar-refractivity contribution in [1.82, 2.24) is 9.96 Å². The summed E-state index contributed by atoms with van der Waals surface area (Å²) in [5, 5.41) is -0.865. The van der Waals surface area contributed by atoms with Crippen LogP contribution in [0.5, 0.6) is 0 Å². The number of imide groups is 1. The fourth-order valence-corrected chi connectivity index (χ4v) is 4.23. The first-order valence-electron chi connectivity index (χ1n) is 9.34. The molecule has 0 N–H and O–H groups in total. The molecular formula is C19H18Cl4N2O7. The lowest BCUT2D eigenvalue weighted by Crippen LogP contribution is -2.58. The number of rotatable bonds is 2. The minimum atomic E-state index is -1.29. The van der Waals surface area contributed by atoms with E-state index in [2.05, 4.69) is 0 Å². The molecule has 1 aromatic carbocycles. The molecule has 0 aromatic heterocycles. The zero-order chi connectivity index (χ0) is 24.1. The summed E-state index contributed by atoms with van der Waals surface area (Å²) in [6.07, 6.45) is -1.59. The average Bonchev–Trinajstić information content (AvgIpc) is 2.93. The van der Waals surface area contributed by atoms with E-state index in [0.717, 1.165) is 4.90 Å². The van der Waals surface area contributed by atoms with E-state index in [9.17, 15) is 19.2 Å². The number of amides is 3. The molecule has 1 aromatic rings. The van der Waals surface area contributed by atoms with Crippen LogP contribution in [0.4, 0.5) is 4.79 Å². The Balaban J connectivity index is 1.89. The van der Waals surface area contributed by atoms with E-state index in [1.165, 1.54) is 6.92 Å². The number of hydrogen-bond donors (Lipinski definition) is 0. The maximum atomic E-state index is 13.0. The van der Waals surface area contributed by atoms with Gasteiger partial charge in [0.15, 0.2) is 6.04 Å². The molecule has 0 saturated carbocycles. The highest BCUT2D eigenvalue weighted by molar-refractivity contribution is 6.55. The standard InChI is InChI=1S/C19H18Cl4N2O7/c1-7-14(24(5-6-30-7)18(29)31-19(2,3)4)17(28)32-25-15(26)8-9(16(25)27)11(21)13(23)12(22)10(8)20/h7,14H,5-6H2,1-4H3/t7-,14+/m1/s1. The maximum Gasteiger partial charge on any atom is 0.411 e. The van der Waals surface area contributed by atoms with E-state index in [0.29, 0.717) is 0 Å². The van der Waals surface area contributed by atoms with Crippen molar-refractivity contribution in [1.29, 1.82) is 0 Å². The van der Waals surface area contributed by atoms with Crippen LogP contribution in [0.25, 0.3) is 0 Å². The molecule has 1 saturated heterocycles. The van der Waals surface area contributed by atoms with Crippen molar-refractivity contribution in [3.63, 3.8) is 0 Å². The quantitative estimate of drug-likeness (QED) is 0.319. The van der Waals surface area contributed by atoms with E-state index in [1.54, 1.807) is 20.8 Å². The molecule has 2 aliphatic rings. The summed E-state index contributed by atoms with van der Waals surface area (Å²) in [5.41, 5.74) is -1.51. The third-order valence-electron chi connectivity index (χ3n) is 4.61. The minimum Gasteiger partial charge on any atom is -0.444 e. The predicted octanol–water partition coefficient (Wildman–Crippen LogP) is 4.38. The van der Waals surface area contributed by atoms with Crippen LogP contribution in [-0.4, -0.2) is 64.7 Å². The summed E-state index contributed by atoms with van der Waals surface area (Å²) in [7, 11) is 0.